The number of ether oxygens (including phenoxy) is 1. The molecule has 1 aromatic heterocycles. The Morgan fingerprint density at radius 3 is 2.79 bits per heavy atom. The highest BCUT2D eigenvalue weighted by molar-refractivity contribution is 5.60. The number of anilines is 1. The van der Waals surface area contributed by atoms with Crippen molar-refractivity contribution in [3.8, 4) is 11.5 Å². The molecule has 0 saturated heterocycles. The van der Waals surface area contributed by atoms with Crippen LogP contribution in [0.5, 0.6) is 0 Å². The van der Waals surface area contributed by atoms with Crippen LogP contribution in [0.2, 0.25) is 0 Å². The highest BCUT2D eigenvalue weighted by Gasteiger charge is 2.17. The first-order valence-electron chi connectivity index (χ1n) is 6.47. The van der Waals surface area contributed by atoms with E-state index in [-0.39, 0.29) is 6.10 Å². The zero-order valence-corrected chi connectivity index (χ0v) is 11.5. The Balaban J connectivity index is 2.27. The molecule has 1 atom stereocenters. The summed E-state index contributed by atoms with van der Waals surface area (Å²) in [5.74, 6) is 1.09. The molecule has 0 aliphatic rings. The maximum atomic E-state index is 5.79. The van der Waals surface area contributed by atoms with E-state index in [9.17, 15) is 0 Å². The van der Waals surface area contributed by atoms with Gasteiger partial charge in [-0.2, -0.15) is 4.98 Å². The van der Waals surface area contributed by atoms with Gasteiger partial charge in [0.05, 0.1) is 0 Å². The first kappa shape index (κ1) is 13.5. The average Bonchev–Trinajstić information content (AvgIpc) is 2.88. The Kier molecular flexibility index (Phi) is 4.16. The molecule has 2 aromatic rings. The Hall–Kier alpha value is -1.88. The summed E-state index contributed by atoms with van der Waals surface area (Å²) in [6, 6.07) is 5.66. The van der Waals surface area contributed by atoms with E-state index in [4.69, 9.17) is 15.0 Å². The van der Waals surface area contributed by atoms with Gasteiger partial charge in [-0.15, -0.1) is 0 Å². The highest BCUT2D eigenvalue weighted by atomic mass is 16.5. The molecule has 0 fully saturated rings. The zero-order valence-electron chi connectivity index (χ0n) is 11.5. The molecule has 5 heteroatoms. The summed E-state index contributed by atoms with van der Waals surface area (Å²) in [6.45, 7) is 6.56. The number of benzene rings is 1. The lowest BCUT2D eigenvalue weighted by Crippen LogP contribution is -2.04. The van der Waals surface area contributed by atoms with Crippen LogP contribution in [-0.2, 0) is 4.74 Å². The van der Waals surface area contributed by atoms with Gasteiger partial charge in [-0.1, -0.05) is 12.1 Å². The van der Waals surface area contributed by atoms with Crippen molar-refractivity contribution < 1.29 is 9.26 Å². The monoisotopic (exact) mass is 261 g/mol. The maximum absolute atomic E-state index is 5.79. The molecule has 1 aromatic carbocycles. The number of nitrogens with zero attached hydrogens (tertiary/aromatic N) is 2. The third-order valence-corrected chi connectivity index (χ3v) is 2.99. The smallest absolute Gasteiger partial charge is 0.258 e. The van der Waals surface area contributed by atoms with Gasteiger partial charge in [0.15, 0.2) is 0 Å². The van der Waals surface area contributed by atoms with Crippen LogP contribution < -0.4 is 5.73 Å². The summed E-state index contributed by atoms with van der Waals surface area (Å²) in [5, 5.41) is 3.99. The lowest BCUT2D eigenvalue weighted by Gasteiger charge is -2.09. The molecular weight excluding hydrogens is 242 g/mol. The molecule has 0 radical (unpaired) electrons. The second kappa shape index (κ2) is 5.84. The zero-order chi connectivity index (χ0) is 13.8. The fourth-order valence-electron chi connectivity index (χ4n) is 1.87. The van der Waals surface area contributed by atoms with Crippen molar-refractivity contribution in [2.45, 2.75) is 33.3 Å². The SMILES string of the molecule is CCOC(CC)c1noc(-c2ccc(N)c(C)c2)n1. The van der Waals surface area contributed by atoms with Gasteiger partial charge in [0, 0.05) is 17.9 Å². The fraction of sp³-hybridized carbons (Fsp3) is 0.429. The third-order valence-electron chi connectivity index (χ3n) is 2.99. The molecule has 0 bridgehead atoms. The van der Waals surface area contributed by atoms with Crippen LogP contribution in [0.3, 0.4) is 0 Å². The highest BCUT2D eigenvalue weighted by Crippen LogP contribution is 2.25. The quantitative estimate of drug-likeness (QED) is 0.837. The van der Waals surface area contributed by atoms with E-state index < -0.39 is 0 Å². The number of nitrogen functional groups attached to an aromatic ring is 1. The van der Waals surface area contributed by atoms with Crippen molar-refractivity contribution in [3.63, 3.8) is 0 Å². The van der Waals surface area contributed by atoms with Crippen molar-refractivity contribution in [1.82, 2.24) is 10.1 Å². The summed E-state index contributed by atoms with van der Waals surface area (Å²) >= 11 is 0. The van der Waals surface area contributed by atoms with E-state index in [2.05, 4.69) is 10.1 Å². The second-order valence-corrected chi connectivity index (χ2v) is 4.38. The lowest BCUT2D eigenvalue weighted by atomic mass is 10.1. The Labute approximate surface area is 112 Å². The minimum Gasteiger partial charge on any atom is -0.399 e. The summed E-state index contributed by atoms with van der Waals surface area (Å²) in [5.41, 5.74) is 8.42. The summed E-state index contributed by atoms with van der Waals surface area (Å²) < 4.78 is 10.9. The van der Waals surface area contributed by atoms with E-state index in [1.807, 2.05) is 39.0 Å². The Morgan fingerprint density at radius 2 is 2.16 bits per heavy atom. The van der Waals surface area contributed by atoms with Crippen molar-refractivity contribution in [3.05, 3.63) is 29.6 Å². The van der Waals surface area contributed by atoms with Gasteiger partial charge < -0.3 is 15.0 Å². The van der Waals surface area contributed by atoms with Crippen molar-refractivity contribution in [2.75, 3.05) is 12.3 Å². The fourth-order valence-corrected chi connectivity index (χ4v) is 1.87. The van der Waals surface area contributed by atoms with E-state index in [0.717, 1.165) is 23.2 Å². The molecule has 5 nitrogen and oxygen atoms in total. The van der Waals surface area contributed by atoms with Crippen LogP contribution in [0.15, 0.2) is 22.7 Å². The molecule has 1 heterocycles. The van der Waals surface area contributed by atoms with Crippen LogP contribution in [0, 0.1) is 6.92 Å². The summed E-state index contributed by atoms with van der Waals surface area (Å²) in [6.07, 6.45) is 0.700. The van der Waals surface area contributed by atoms with Crippen LogP contribution in [0.25, 0.3) is 11.5 Å². The molecule has 0 aliphatic carbocycles. The van der Waals surface area contributed by atoms with E-state index in [1.54, 1.807) is 0 Å². The predicted molar refractivity (Wildman–Crippen MR) is 73.5 cm³/mol. The number of hydrogen-bond donors (Lipinski definition) is 1. The van der Waals surface area contributed by atoms with E-state index in [0.29, 0.717) is 18.3 Å². The van der Waals surface area contributed by atoms with Gasteiger partial charge in [-0.25, -0.2) is 0 Å². The number of aromatic nitrogens is 2. The topological polar surface area (TPSA) is 74.2 Å². The van der Waals surface area contributed by atoms with Crippen LogP contribution in [-0.4, -0.2) is 16.7 Å². The van der Waals surface area contributed by atoms with Crippen LogP contribution in [0.4, 0.5) is 5.69 Å². The van der Waals surface area contributed by atoms with Gasteiger partial charge >= 0.3 is 0 Å². The molecule has 0 spiro atoms. The number of rotatable bonds is 5. The molecule has 2 rings (SSSR count). The molecule has 2 N–H and O–H groups in total. The molecule has 102 valence electrons. The molecule has 19 heavy (non-hydrogen) atoms. The van der Waals surface area contributed by atoms with Gasteiger partial charge in [0.25, 0.3) is 5.89 Å². The largest absolute Gasteiger partial charge is 0.399 e. The standard InChI is InChI=1S/C14H19N3O2/c1-4-12(18-5-2)13-16-14(19-17-13)10-6-7-11(15)9(3)8-10/h6-8,12H,4-5,15H2,1-3H3. The Bertz CT molecular complexity index is 551. The summed E-state index contributed by atoms with van der Waals surface area (Å²) in [7, 11) is 0. The first-order valence-corrected chi connectivity index (χ1v) is 6.47. The van der Waals surface area contributed by atoms with Crippen molar-refractivity contribution in [1.29, 1.82) is 0 Å². The minimum absolute atomic E-state index is 0.114. The van der Waals surface area contributed by atoms with Gasteiger partial charge in [0.2, 0.25) is 5.82 Å². The van der Waals surface area contributed by atoms with Crippen molar-refractivity contribution >= 4 is 5.69 Å². The van der Waals surface area contributed by atoms with Gasteiger partial charge in [-0.3, -0.25) is 0 Å². The predicted octanol–water partition coefficient (Wildman–Crippen LogP) is 3.11. The summed E-state index contributed by atoms with van der Waals surface area (Å²) in [4.78, 5) is 4.40. The number of nitrogens with two attached hydrogens (primary N) is 1. The normalized spacial score (nSPS) is 12.6. The van der Waals surface area contributed by atoms with E-state index >= 15 is 0 Å². The third kappa shape index (κ3) is 2.93. The lowest BCUT2D eigenvalue weighted by molar-refractivity contribution is 0.0518. The van der Waals surface area contributed by atoms with Gasteiger partial charge in [0.1, 0.15) is 6.10 Å². The Morgan fingerprint density at radius 1 is 1.37 bits per heavy atom. The van der Waals surface area contributed by atoms with Crippen LogP contribution in [0.1, 0.15) is 37.8 Å². The molecular formula is C14H19N3O2. The van der Waals surface area contributed by atoms with Gasteiger partial charge in [-0.05, 0) is 44.0 Å². The average molecular weight is 261 g/mol. The number of aryl methyl sites for hydroxylation is 1. The first-order chi connectivity index (χ1) is 9.15. The molecule has 0 aliphatic heterocycles. The molecule has 0 amide bonds. The van der Waals surface area contributed by atoms with Crippen molar-refractivity contribution in [2.24, 2.45) is 0 Å². The number of hydrogen-bond acceptors (Lipinski definition) is 5. The maximum Gasteiger partial charge on any atom is 0.258 e. The second-order valence-electron chi connectivity index (χ2n) is 4.38. The molecule has 1 unspecified atom stereocenters. The minimum atomic E-state index is -0.114. The van der Waals surface area contributed by atoms with Crippen LogP contribution >= 0.6 is 0 Å². The molecule has 0 saturated carbocycles. The van der Waals surface area contributed by atoms with E-state index in [1.165, 1.54) is 0 Å².